The van der Waals surface area contributed by atoms with Gasteiger partial charge in [0.05, 0.1) is 67.8 Å². The molecule has 34 nitrogen and oxygen atoms in total. The molecule has 16 rings (SSSR count). The number of nitrogens with one attached hydrogen (secondary N) is 2. The number of hydrogen-bond donors (Lipinski definition) is 6. The number of rotatable bonds is 14. The minimum atomic E-state index is -1.16. The fraction of sp³-hybridized carbons (Fsp3) is 0.312. The first kappa shape index (κ1) is 109. The number of thiol groups is 1. The van der Waals surface area contributed by atoms with E-state index >= 15 is 0 Å². The van der Waals surface area contributed by atoms with E-state index in [0.29, 0.717) is 68.2 Å². The van der Waals surface area contributed by atoms with Crippen molar-refractivity contribution in [2.24, 2.45) is 44.0 Å². The monoisotopic (exact) mass is 2170 g/mol. The van der Waals surface area contributed by atoms with Gasteiger partial charge in [0, 0.05) is 98.7 Å². The molecule has 0 saturated carbocycles. The number of aromatic nitrogens is 19. The molecule has 1 unspecified atom stereocenters. The fourth-order valence-electron chi connectivity index (χ4n) is 11.6. The molecular formula is C80H97BBr4N25O9S9. The van der Waals surface area contributed by atoms with Gasteiger partial charge in [-0.3, -0.25) is 28.7 Å². The van der Waals surface area contributed by atoms with Crippen molar-refractivity contribution >= 4 is 286 Å². The zero-order valence-corrected chi connectivity index (χ0v) is 82.7. The first-order valence-corrected chi connectivity index (χ1v) is 48.5. The van der Waals surface area contributed by atoms with E-state index in [2.05, 4.69) is 159 Å². The zero-order chi connectivity index (χ0) is 90.9. The van der Waals surface area contributed by atoms with E-state index in [1.54, 1.807) is 203 Å². The van der Waals surface area contributed by atoms with E-state index in [-0.39, 0.29) is 52.9 Å². The summed E-state index contributed by atoms with van der Waals surface area (Å²) in [6.07, 6.45) is 20.9. The van der Waals surface area contributed by atoms with E-state index in [4.69, 9.17) is 27.3 Å². The average molecular weight is 2170 g/mol. The third-order valence-electron chi connectivity index (χ3n) is 16.7. The van der Waals surface area contributed by atoms with Crippen LogP contribution in [0, 0.1) is 12.3 Å². The van der Waals surface area contributed by atoms with E-state index in [0.717, 1.165) is 101 Å². The second-order valence-corrected chi connectivity index (χ2v) is 39.8. The Morgan fingerprint density at radius 1 is 0.570 bits per heavy atom. The molecule has 0 spiro atoms. The first-order valence-electron chi connectivity index (χ1n) is 36.1. The zero-order valence-electron chi connectivity index (χ0n) is 69.0. The summed E-state index contributed by atoms with van der Waals surface area (Å²) in [4.78, 5) is 110. The maximum absolute atomic E-state index is 13.1. The molecule has 0 aliphatic carbocycles. The number of carbonyl (C=O) groups is 3. The molecule has 128 heavy (non-hydrogen) atoms. The Morgan fingerprint density at radius 3 is 1.29 bits per heavy atom. The molecule has 0 bridgehead atoms. The van der Waals surface area contributed by atoms with Crippen molar-refractivity contribution in [1.29, 1.82) is 5.41 Å². The molecule has 1 atom stereocenters. The molecule has 3 amide bonds. The van der Waals surface area contributed by atoms with Crippen LogP contribution < -0.4 is 39.2 Å². The van der Waals surface area contributed by atoms with Crippen LogP contribution in [0.25, 0.3) is 74.1 Å². The second kappa shape index (κ2) is 49.1. The van der Waals surface area contributed by atoms with Crippen LogP contribution in [0.2, 0.25) is 0 Å². The van der Waals surface area contributed by atoms with Crippen LogP contribution in [-0.4, -0.2) is 165 Å². The molecular weight excluding hydrogens is 2070 g/mol. The normalized spacial score (nSPS) is 11.0. The Kier molecular flexibility index (Phi) is 41.9. The number of nitrogens with two attached hydrogens (primary N) is 3. The van der Waals surface area contributed by atoms with Crippen LogP contribution in [0.4, 0.5) is 21.2 Å². The Morgan fingerprint density at radius 2 is 0.938 bits per heavy atom. The number of fused-ring (bicyclic) bond motifs is 10. The van der Waals surface area contributed by atoms with Crippen LogP contribution in [0.15, 0.2) is 160 Å². The van der Waals surface area contributed by atoms with Gasteiger partial charge in [0.15, 0.2) is 39.9 Å². The van der Waals surface area contributed by atoms with Crippen LogP contribution in [0.5, 0.6) is 0 Å². The molecule has 1 radical (unpaired) electrons. The number of hydrogen-bond acceptors (Lipinski definition) is 32. The molecule has 16 heterocycles. The van der Waals surface area contributed by atoms with Gasteiger partial charge in [-0.25, -0.2) is 68.5 Å². The SMILES string of the molecule is BrCc1ccnc(Br)c1.C.C.C.C.CC(C)(C)OC(N)=O.CSc1nc2c(s1)c(C=N)c(C(N)=O)n2C.CSc1nc2c(s1)c1cnn(Cc3ccnc(Br)c3)c(=O)c1n2C.CSc1nc2c(s1)c1cnn(Cc3ccnc(NC(=O)OC(C)(C)C)c3)c(=O)c1n2C.Cc1ccnc(Br)c1.Cn1c2nc(S(C)=O)sc2c2cnn(Cc3ccnc(N)c3)c(=O)c21.[B]=NS. The maximum atomic E-state index is 13.1. The summed E-state index contributed by atoms with van der Waals surface area (Å²) in [5, 5.41) is 26.3. The Bertz CT molecular complexity index is 6810. The van der Waals surface area contributed by atoms with Crippen molar-refractivity contribution in [1.82, 2.24) is 92.5 Å². The van der Waals surface area contributed by atoms with Gasteiger partial charge in [0.2, 0.25) is 0 Å². The number of nitrogen functional groups attached to an aromatic ring is 1. The van der Waals surface area contributed by atoms with Gasteiger partial charge in [-0.1, -0.05) is 80.9 Å². The number of anilines is 2. The van der Waals surface area contributed by atoms with E-state index in [9.17, 15) is 33.0 Å². The number of amides is 3. The number of thioether (sulfide) groups is 3. The number of primary amides is 2. The second-order valence-electron chi connectivity index (χ2n) is 27.9. The number of nitrogens with zero attached hydrogens (tertiary/aromatic N) is 20. The van der Waals surface area contributed by atoms with Crippen molar-refractivity contribution in [3.63, 3.8) is 0 Å². The van der Waals surface area contributed by atoms with Crippen molar-refractivity contribution in [2.75, 3.05) is 36.1 Å². The quantitative estimate of drug-likeness (QED) is 0.0147. The summed E-state index contributed by atoms with van der Waals surface area (Å²) in [6.45, 7) is 13.6. The standard InChI is InChI=1S/C20H22N6O3S2.C15H12BrN5OS2.C15H14N6O2S2.C9H10N4OS2.C6H5Br2N.C6H6BrN.C5H11NO2.4CH4.BHNS/c1-20(2,3)29-18(28)23-13-8-11(6-7-21-13)10-26-17(27)14-12(9-22-26)15-16(25(14)4)24-19(30-5)31-15;1-20-11-9(12-13(20)19-15(23-2)24-12)6-18-21(14(11)22)7-8-3-4-17-10(16)5-8;1-20-11-9(12-13(20)19-15(24-12)25(2)23)6-18-21(14(11)22)7-8-3-4-17-10(16)5-8;1-13-5(7(11)14)4(3-10)6-8(13)12-9(15-2)16-6;7-4-5-1-2-9-6(8)3-5;1-5-2-3-8-6(7)4-5;1-5(2,3)8-4(6)7;;;;;1-2-3/h6-9H,10H2,1-5H3,(H,21,23,28);3-6H,7H2,1-2H3;3-6H,7H2,1-2H3,(H2,16,17);3,10H,1-2H3,(H2,11,14);1-3H,4H2;2-4H,1H3;1-3H3,(H2,6,7);4*1H4;3H. The Hall–Kier alpha value is -9.34. The topological polar surface area (TPSA) is 453 Å². The van der Waals surface area contributed by atoms with Gasteiger partial charge in [0.1, 0.15) is 58.9 Å². The molecule has 0 aliphatic heterocycles. The minimum absolute atomic E-state index is 0. The number of ether oxygens (including phenoxy) is 2. The third kappa shape index (κ3) is 28.1. The molecule has 0 saturated heterocycles. The van der Waals surface area contributed by atoms with Gasteiger partial charge in [-0.05, 0) is 204 Å². The number of aryl methyl sites for hydroxylation is 5. The summed E-state index contributed by atoms with van der Waals surface area (Å²) in [5.41, 5.74) is 24.8. The van der Waals surface area contributed by atoms with E-state index < -0.39 is 40.1 Å². The van der Waals surface area contributed by atoms with Crippen molar-refractivity contribution in [3.8, 4) is 0 Å². The molecule has 16 aromatic heterocycles. The van der Waals surface area contributed by atoms with E-state index in [1.165, 1.54) is 47.8 Å². The Balaban J connectivity index is 0.000000275. The predicted octanol–water partition coefficient (Wildman–Crippen LogP) is 18.2. The number of carbonyl (C=O) groups excluding carboxylic acids is 3. The number of thiazole rings is 4. The molecule has 0 aliphatic rings. The Labute approximate surface area is 809 Å². The molecule has 48 heteroatoms. The molecule has 16 aromatic rings. The van der Waals surface area contributed by atoms with Crippen LogP contribution in [-0.2, 0) is 73.4 Å². The van der Waals surface area contributed by atoms with Crippen molar-refractivity contribution in [2.45, 2.75) is 132 Å². The summed E-state index contributed by atoms with van der Waals surface area (Å²) < 4.78 is 45.1. The van der Waals surface area contributed by atoms with Gasteiger partial charge in [-0.15, -0.1) is 45.3 Å². The van der Waals surface area contributed by atoms with Gasteiger partial charge < -0.3 is 50.4 Å². The summed E-state index contributed by atoms with van der Waals surface area (Å²) in [7, 11) is 10.4. The molecule has 8 N–H and O–H groups in total. The predicted molar refractivity (Wildman–Crippen MR) is 545 cm³/mol. The number of pyridine rings is 5. The summed E-state index contributed by atoms with van der Waals surface area (Å²) in [6, 6.07) is 18.6. The van der Waals surface area contributed by atoms with Gasteiger partial charge in [-0.2, -0.15) is 15.3 Å². The van der Waals surface area contributed by atoms with Gasteiger partial charge in [0.25, 0.3) is 22.6 Å². The first-order chi connectivity index (χ1) is 58.7. The van der Waals surface area contributed by atoms with Crippen molar-refractivity contribution in [3.05, 3.63) is 194 Å². The third-order valence-corrected chi connectivity index (χ3v) is 27.3. The van der Waals surface area contributed by atoms with Crippen LogP contribution >= 0.6 is 157 Å². The fourth-order valence-corrected chi connectivity index (χ4v) is 19.8. The van der Waals surface area contributed by atoms with Gasteiger partial charge >= 0.3 is 36.9 Å². The van der Waals surface area contributed by atoms with Crippen molar-refractivity contribution < 1.29 is 28.1 Å². The van der Waals surface area contributed by atoms with Crippen LogP contribution in [0.3, 0.4) is 0 Å². The average Bonchev–Trinajstić information content (AvgIpc) is 1.60. The summed E-state index contributed by atoms with van der Waals surface area (Å²) >= 11 is 27.1. The van der Waals surface area contributed by atoms with Crippen LogP contribution in [0.1, 0.15) is 115 Å². The summed E-state index contributed by atoms with van der Waals surface area (Å²) in [5.74, 6) is 0.209. The number of alkyl halides is 1. The number of halogens is 4. The molecule has 0 fully saturated rings. The molecule has 681 valence electrons. The molecule has 0 aromatic carbocycles. The van der Waals surface area contributed by atoms with E-state index in [1.807, 2.05) is 85.3 Å².